The van der Waals surface area contributed by atoms with E-state index in [4.69, 9.17) is 0 Å². The molecule has 0 saturated heterocycles. The molecule has 1 rings (SSSR count). The van der Waals surface area contributed by atoms with Gasteiger partial charge in [0.15, 0.2) is 0 Å². The van der Waals surface area contributed by atoms with Gasteiger partial charge in [-0.05, 0) is 49.7 Å². The van der Waals surface area contributed by atoms with Crippen LogP contribution in [0.5, 0.6) is 0 Å². The van der Waals surface area contributed by atoms with Gasteiger partial charge in [-0.3, -0.25) is 4.79 Å². The van der Waals surface area contributed by atoms with Gasteiger partial charge in [-0.2, -0.15) is 0 Å². The topological polar surface area (TPSA) is 87.0 Å². The van der Waals surface area contributed by atoms with Crippen molar-refractivity contribution in [3.8, 4) is 0 Å². The van der Waals surface area contributed by atoms with Gasteiger partial charge >= 0.3 is 5.97 Å². The number of esters is 1. The molecular weight excluding hydrogens is 368 g/mol. The van der Waals surface area contributed by atoms with Crippen LogP contribution in [-0.4, -0.2) is 46.7 Å². The summed E-state index contributed by atoms with van der Waals surface area (Å²) in [5, 5.41) is 30.0. The van der Waals surface area contributed by atoms with Gasteiger partial charge in [-0.25, -0.2) is 0 Å². The molecule has 0 aromatic rings. The van der Waals surface area contributed by atoms with Crippen LogP contribution in [0, 0.1) is 0 Å². The predicted molar refractivity (Wildman–Crippen MR) is 116 cm³/mol. The van der Waals surface area contributed by atoms with E-state index < -0.39 is 12.2 Å². The minimum atomic E-state index is -0.963. The molecule has 0 bridgehead atoms. The molecule has 1 aliphatic rings. The van der Waals surface area contributed by atoms with Crippen LogP contribution in [-0.2, 0) is 9.53 Å². The molecule has 0 unspecified atom stereocenters. The summed E-state index contributed by atoms with van der Waals surface area (Å²) < 4.78 is 4.56. The van der Waals surface area contributed by atoms with Crippen molar-refractivity contribution in [3.05, 3.63) is 47.6 Å². The van der Waals surface area contributed by atoms with E-state index in [2.05, 4.69) is 17.7 Å². The van der Waals surface area contributed by atoms with Crippen molar-refractivity contribution >= 4 is 5.97 Å². The lowest BCUT2D eigenvalue weighted by atomic mass is 9.94. The maximum atomic E-state index is 11.1. The van der Waals surface area contributed by atoms with E-state index in [1.165, 1.54) is 18.3 Å². The smallest absolute Gasteiger partial charge is 0.305 e. The number of unbranched alkanes of at least 4 members (excludes halogenated alkanes) is 2. The van der Waals surface area contributed by atoms with Crippen LogP contribution < -0.4 is 0 Å². The zero-order valence-corrected chi connectivity index (χ0v) is 17.9. The van der Waals surface area contributed by atoms with Crippen LogP contribution >= 0.6 is 0 Å². The lowest BCUT2D eigenvalue weighted by Crippen LogP contribution is -2.23. The Labute approximate surface area is 175 Å². The van der Waals surface area contributed by atoms with Crippen molar-refractivity contribution in [2.75, 3.05) is 7.11 Å². The zero-order chi connectivity index (χ0) is 21.5. The number of aliphatic hydroxyl groups excluding tert-OH is 3. The summed E-state index contributed by atoms with van der Waals surface area (Å²) in [5.41, 5.74) is 2.37. The second-order valence-corrected chi connectivity index (χ2v) is 7.65. The van der Waals surface area contributed by atoms with Crippen molar-refractivity contribution in [2.24, 2.45) is 0 Å². The Morgan fingerprint density at radius 2 is 1.93 bits per heavy atom. The molecule has 3 atom stereocenters. The molecule has 0 aromatic heterocycles. The highest BCUT2D eigenvalue weighted by Gasteiger charge is 2.13. The minimum absolute atomic E-state index is 0.239. The van der Waals surface area contributed by atoms with E-state index in [0.29, 0.717) is 12.8 Å². The summed E-state index contributed by atoms with van der Waals surface area (Å²) in [7, 11) is 1.33. The third-order valence-corrected chi connectivity index (χ3v) is 5.06. The molecule has 0 spiro atoms. The van der Waals surface area contributed by atoms with Crippen molar-refractivity contribution in [1.29, 1.82) is 0 Å². The highest BCUT2D eigenvalue weighted by molar-refractivity contribution is 5.68. The number of aliphatic hydroxyl groups is 3. The van der Waals surface area contributed by atoms with Gasteiger partial charge in [0, 0.05) is 6.42 Å². The first-order valence-electron chi connectivity index (χ1n) is 10.8. The monoisotopic (exact) mass is 406 g/mol. The second kappa shape index (κ2) is 15.2. The van der Waals surface area contributed by atoms with Gasteiger partial charge in [0.25, 0.3) is 0 Å². The van der Waals surface area contributed by atoms with Gasteiger partial charge in [0.05, 0.1) is 25.4 Å². The Morgan fingerprint density at radius 3 is 2.66 bits per heavy atom. The predicted octanol–water partition coefficient (Wildman–Crippen LogP) is 4.14. The van der Waals surface area contributed by atoms with Crippen molar-refractivity contribution in [2.45, 2.75) is 89.4 Å². The molecule has 0 amide bonds. The molecule has 0 fully saturated rings. The van der Waals surface area contributed by atoms with Crippen LogP contribution in [0.4, 0.5) is 0 Å². The SMILES string of the molecule is CCCCC[C@@H](O)/C=C/C1=CC(=C\C=C\[C@@H](O)[C@@H](O)CCCC(=O)OC)/CCC1. The fourth-order valence-electron chi connectivity index (χ4n) is 3.23. The molecule has 0 aliphatic heterocycles. The second-order valence-electron chi connectivity index (χ2n) is 7.65. The van der Waals surface area contributed by atoms with Gasteiger partial charge in [-0.1, -0.05) is 62.6 Å². The van der Waals surface area contributed by atoms with E-state index in [1.54, 1.807) is 12.2 Å². The Kier molecular flexibility index (Phi) is 13.3. The summed E-state index contributed by atoms with van der Waals surface area (Å²) in [4.78, 5) is 11.1. The third kappa shape index (κ3) is 11.8. The normalized spacial score (nSPS) is 19.5. The molecule has 0 heterocycles. The molecule has 164 valence electrons. The zero-order valence-electron chi connectivity index (χ0n) is 17.9. The van der Waals surface area contributed by atoms with Crippen LogP contribution in [0.25, 0.3) is 0 Å². The summed E-state index contributed by atoms with van der Waals surface area (Å²) in [6.45, 7) is 2.16. The molecular formula is C24H38O5. The van der Waals surface area contributed by atoms with E-state index in [9.17, 15) is 20.1 Å². The first-order valence-corrected chi connectivity index (χ1v) is 10.8. The average Bonchev–Trinajstić information content (AvgIpc) is 2.72. The number of rotatable bonds is 13. The molecule has 29 heavy (non-hydrogen) atoms. The lowest BCUT2D eigenvalue weighted by molar-refractivity contribution is -0.140. The van der Waals surface area contributed by atoms with Crippen LogP contribution in [0.2, 0.25) is 0 Å². The number of carbonyl (C=O) groups excluding carboxylic acids is 1. The van der Waals surface area contributed by atoms with Crippen LogP contribution in [0.3, 0.4) is 0 Å². The fraction of sp³-hybridized carbons (Fsp3) is 0.625. The quantitative estimate of drug-likeness (QED) is 0.316. The maximum absolute atomic E-state index is 11.1. The molecule has 0 radical (unpaired) electrons. The Morgan fingerprint density at radius 1 is 1.14 bits per heavy atom. The Hall–Kier alpha value is -1.69. The Balaban J connectivity index is 2.48. The van der Waals surface area contributed by atoms with Gasteiger partial charge in [-0.15, -0.1) is 0 Å². The van der Waals surface area contributed by atoms with E-state index in [0.717, 1.165) is 44.9 Å². The minimum Gasteiger partial charge on any atom is -0.469 e. The largest absolute Gasteiger partial charge is 0.469 e. The third-order valence-electron chi connectivity index (χ3n) is 5.06. The van der Waals surface area contributed by atoms with Crippen LogP contribution in [0.1, 0.15) is 71.1 Å². The summed E-state index contributed by atoms with van der Waals surface area (Å²) in [5.74, 6) is -0.311. The molecule has 5 heteroatoms. The van der Waals surface area contributed by atoms with E-state index in [1.807, 2.05) is 18.2 Å². The molecule has 0 saturated carbocycles. The highest BCUT2D eigenvalue weighted by Crippen LogP contribution is 2.23. The molecule has 1 aliphatic carbocycles. The summed E-state index contributed by atoms with van der Waals surface area (Å²) >= 11 is 0. The van der Waals surface area contributed by atoms with Gasteiger partial charge in [0.1, 0.15) is 0 Å². The molecule has 5 nitrogen and oxygen atoms in total. The van der Waals surface area contributed by atoms with Crippen molar-refractivity contribution in [1.82, 2.24) is 0 Å². The average molecular weight is 407 g/mol. The highest BCUT2D eigenvalue weighted by atomic mass is 16.5. The summed E-state index contributed by atoms with van der Waals surface area (Å²) in [6, 6.07) is 0. The number of allylic oxidation sites excluding steroid dienone is 6. The van der Waals surface area contributed by atoms with Crippen LogP contribution in [0.15, 0.2) is 47.6 Å². The number of carbonyl (C=O) groups is 1. The summed E-state index contributed by atoms with van der Waals surface area (Å²) in [6.07, 6.45) is 17.3. The lowest BCUT2D eigenvalue weighted by Gasteiger charge is -2.14. The molecule has 0 aromatic carbocycles. The van der Waals surface area contributed by atoms with Gasteiger partial charge < -0.3 is 20.1 Å². The maximum Gasteiger partial charge on any atom is 0.305 e. The first kappa shape index (κ1) is 25.3. The number of ether oxygens (including phenoxy) is 1. The van der Waals surface area contributed by atoms with Gasteiger partial charge in [0.2, 0.25) is 0 Å². The molecule has 3 N–H and O–H groups in total. The van der Waals surface area contributed by atoms with E-state index in [-0.39, 0.29) is 18.5 Å². The van der Waals surface area contributed by atoms with Crippen molar-refractivity contribution < 1.29 is 24.9 Å². The first-order chi connectivity index (χ1) is 14.0. The standard InChI is InChI=1S/C24H38O5/c1-3-4-5-12-21(25)17-16-20-10-6-9-19(18-20)11-7-13-22(26)23(27)14-8-15-24(28)29-2/h7,11,13,16-18,21-23,25-27H,3-6,8-10,12,14-15H2,1-2H3/b13-7+,17-16+,19-11-/t21-,22-,23+/m1/s1. The number of hydrogen-bond acceptors (Lipinski definition) is 5. The van der Waals surface area contributed by atoms with E-state index >= 15 is 0 Å². The Bertz CT molecular complexity index is 588. The number of hydrogen-bond donors (Lipinski definition) is 3. The van der Waals surface area contributed by atoms with Crippen molar-refractivity contribution in [3.63, 3.8) is 0 Å². The number of methoxy groups -OCH3 is 1. The fourth-order valence-corrected chi connectivity index (χ4v) is 3.23.